The number of alkyl halides is 1. The standard InChI is InChI=1S/C11H11IN2S/c1-11(6-12)7-15-10-13-8-4-2-3-5-9(8)14(10)11/h2-5H,6-7H2,1H3. The Hall–Kier alpha value is -0.230. The van der Waals surface area contributed by atoms with Crippen LogP contribution in [0.4, 0.5) is 0 Å². The first-order valence-corrected chi connectivity index (χ1v) is 7.42. The van der Waals surface area contributed by atoms with Crippen molar-refractivity contribution in [3.63, 3.8) is 0 Å². The molecule has 0 spiro atoms. The van der Waals surface area contributed by atoms with Crippen LogP contribution in [0.5, 0.6) is 0 Å². The average molecular weight is 330 g/mol. The fourth-order valence-corrected chi connectivity index (χ4v) is 4.26. The van der Waals surface area contributed by atoms with Crippen LogP contribution in [0.15, 0.2) is 29.4 Å². The van der Waals surface area contributed by atoms with Crippen molar-refractivity contribution < 1.29 is 0 Å². The van der Waals surface area contributed by atoms with E-state index in [1.165, 1.54) is 10.7 Å². The van der Waals surface area contributed by atoms with E-state index in [4.69, 9.17) is 0 Å². The van der Waals surface area contributed by atoms with E-state index in [1.807, 2.05) is 11.8 Å². The highest BCUT2D eigenvalue weighted by Crippen LogP contribution is 2.41. The number of nitrogens with zero attached hydrogens (tertiary/aromatic N) is 2. The van der Waals surface area contributed by atoms with Crippen LogP contribution in [-0.4, -0.2) is 19.7 Å². The van der Waals surface area contributed by atoms with Crippen molar-refractivity contribution in [3.05, 3.63) is 24.3 Å². The van der Waals surface area contributed by atoms with Crippen molar-refractivity contribution in [2.75, 3.05) is 10.2 Å². The first kappa shape index (κ1) is 9.96. The number of benzene rings is 1. The molecule has 1 aromatic carbocycles. The predicted molar refractivity (Wildman–Crippen MR) is 73.0 cm³/mol. The van der Waals surface area contributed by atoms with Crippen molar-refractivity contribution >= 4 is 45.4 Å². The zero-order valence-corrected chi connectivity index (χ0v) is 11.4. The van der Waals surface area contributed by atoms with Crippen LogP contribution in [-0.2, 0) is 5.54 Å². The monoisotopic (exact) mass is 330 g/mol. The van der Waals surface area contributed by atoms with Crippen LogP contribution >= 0.6 is 34.4 Å². The predicted octanol–water partition coefficient (Wildman–Crippen LogP) is 3.29. The lowest BCUT2D eigenvalue weighted by atomic mass is 10.1. The molecule has 4 heteroatoms. The maximum absolute atomic E-state index is 4.66. The summed E-state index contributed by atoms with van der Waals surface area (Å²) >= 11 is 4.34. The van der Waals surface area contributed by atoms with Gasteiger partial charge in [-0.15, -0.1) is 0 Å². The number of thioether (sulfide) groups is 1. The number of halogens is 1. The second kappa shape index (κ2) is 3.38. The molecule has 0 aliphatic carbocycles. The summed E-state index contributed by atoms with van der Waals surface area (Å²) in [5.41, 5.74) is 2.63. The first-order chi connectivity index (χ1) is 7.24. The van der Waals surface area contributed by atoms with Gasteiger partial charge in [-0.25, -0.2) is 4.98 Å². The summed E-state index contributed by atoms with van der Waals surface area (Å²) in [6.45, 7) is 2.32. The largest absolute Gasteiger partial charge is 0.311 e. The number of imidazole rings is 1. The van der Waals surface area contributed by atoms with E-state index >= 15 is 0 Å². The Morgan fingerprint density at radius 1 is 1.53 bits per heavy atom. The number of hydrogen-bond acceptors (Lipinski definition) is 2. The molecule has 1 aromatic heterocycles. The first-order valence-electron chi connectivity index (χ1n) is 4.91. The lowest BCUT2D eigenvalue weighted by Crippen LogP contribution is -2.30. The number of fused-ring (bicyclic) bond motifs is 3. The van der Waals surface area contributed by atoms with Crippen LogP contribution in [0.1, 0.15) is 6.92 Å². The van der Waals surface area contributed by atoms with Gasteiger partial charge in [0.1, 0.15) is 0 Å². The summed E-state index contributed by atoms with van der Waals surface area (Å²) in [6.07, 6.45) is 0. The molecule has 0 fully saturated rings. The molecule has 78 valence electrons. The minimum absolute atomic E-state index is 0.233. The van der Waals surface area contributed by atoms with Gasteiger partial charge < -0.3 is 4.57 Å². The van der Waals surface area contributed by atoms with Crippen molar-refractivity contribution in [3.8, 4) is 0 Å². The summed E-state index contributed by atoms with van der Waals surface area (Å²) in [5, 5.41) is 1.18. The highest BCUT2D eigenvalue weighted by molar-refractivity contribution is 14.1. The Morgan fingerprint density at radius 3 is 3.13 bits per heavy atom. The Kier molecular flexibility index (Phi) is 2.24. The number of rotatable bonds is 1. The Bertz CT molecular complexity index is 522. The molecule has 0 bridgehead atoms. The van der Waals surface area contributed by atoms with Crippen molar-refractivity contribution in [2.24, 2.45) is 0 Å². The third-order valence-corrected chi connectivity index (χ3v) is 5.81. The average Bonchev–Trinajstić information content (AvgIpc) is 2.78. The molecule has 0 amide bonds. The van der Waals surface area contributed by atoms with E-state index in [0.29, 0.717) is 0 Å². The van der Waals surface area contributed by atoms with Crippen molar-refractivity contribution in [2.45, 2.75) is 17.6 Å². The van der Waals surface area contributed by atoms with Gasteiger partial charge in [0.05, 0.1) is 16.6 Å². The highest BCUT2D eigenvalue weighted by atomic mass is 127. The van der Waals surface area contributed by atoms with Gasteiger partial charge in [0, 0.05) is 10.2 Å². The highest BCUT2D eigenvalue weighted by Gasteiger charge is 2.35. The molecule has 3 rings (SSSR count). The fourth-order valence-electron chi connectivity index (χ4n) is 2.01. The third kappa shape index (κ3) is 1.34. The molecule has 2 aromatic rings. The van der Waals surface area contributed by atoms with Crippen LogP contribution in [0, 0.1) is 0 Å². The molecular formula is C11H11IN2S. The molecule has 2 nitrogen and oxygen atoms in total. The van der Waals surface area contributed by atoms with Crippen LogP contribution < -0.4 is 0 Å². The van der Waals surface area contributed by atoms with E-state index in [0.717, 1.165) is 15.7 Å². The molecule has 15 heavy (non-hydrogen) atoms. The van der Waals surface area contributed by atoms with Gasteiger partial charge in [0.25, 0.3) is 0 Å². The SMILES string of the molecule is CC1(CI)CSc2nc3ccccc3n21. The Balaban J connectivity index is 2.34. The quantitative estimate of drug-likeness (QED) is 0.590. The molecule has 0 saturated heterocycles. The van der Waals surface area contributed by atoms with E-state index in [-0.39, 0.29) is 5.54 Å². The minimum Gasteiger partial charge on any atom is -0.311 e. The van der Waals surface area contributed by atoms with Gasteiger partial charge in [0.15, 0.2) is 5.16 Å². The zero-order valence-electron chi connectivity index (χ0n) is 8.40. The number of hydrogen-bond donors (Lipinski definition) is 0. The number of aromatic nitrogens is 2. The zero-order chi connectivity index (χ0) is 10.5. The van der Waals surface area contributed by atoms with Gasteiger partial charge >= 0.3 is 0 Å². The molecular weight excluding hydrogens is 319 g/mol. The molecule has 2 heterocycles. The maximum atomic E-state index is 4.66. The second-order valence-electron chi connectivity index (χ2n) is 4.14. The van der Waals surface area contributed by atoms with Crippen LogP contribution in [0.2, 0.25) is 0 Å². The van der Waals surface area contributed by atoms with Crippen LogP contribution in [0.3, 0.4) is 0 Å². The van der Waals surface area contributed by atoms with Gasteiger partial charge in [-0.3, -0.25) is 0 Å². The molecule has 0 saturated carbocycles. The minimum atomic E-state index is 0.233. The third-order valence-electron chi connectivity index (χ3n) is 2.87. The summed E-state index contributed by atoms with van der Waals surface area (Å²) < 4.78 is 3.53. The Labute approximate surface area is 107 Å². The van der Waals surface area contributed by atoms with E-state index in [9.17, 15) is 0 Å². The van der Waals surface area contributed by atoms with Gasteiger partial charge in [-0.1, -0.05) is 46.5 Å². The summed E-state index contributed by atoms with van der Waals surface area (Å²) in [5.74, 6) is 1.14. The van der Waals surface area contributed by atoms with E-state index < -0.39 is 0 Å². The topological polar surface area (TPSA) is 17.8 Å². The molecule has 1 aliphatic heterocycles. The van der Waals surface area contributed by atoms with Gasteiger partial charge in [-0.05, 0) is 19.1 Å². The van der Waals surface area contributed by atoms with E-state index in [1.54, 1.807) is 0 Å². The molecule has 1 unspecified atom stereocenters. The smallest absolute Gasteiger partial charge is 0.169 e. The molecule has 0 N–H and O–H groups in total. The number of para-hydroxylation sites is 2. The van der Waals surface area contributed by atoms with E-state index in [2.05, 4.69) is 63.3 Å². The van der Waals surface area contributed by atoms with Gasteiger partial charge in [0.2, 0.25) is 0 Å². The Morgan fingerprint density at radius 2 is 2.33 bits per heavy atom. The lowest BCUT2D eigenvalue weighted by Gasteiger charge is -2.23. The summed E-state index contributed by atoms with van der Waals surface area (Å²) in [7, 11) is 0. The van der Waals surface area contributed by atoms with Gasteiger partial charge in [-0.2, -0.15) is 0 Å². The molecule has 1 aliphatic rings. The molecule has 1 atom stereocenters. The maximum Gasteiger partial charge on any atom is 0.169 e. The summed E-state index contributed by atoms with van der Waals surface area (Å²) in [6, 6.07) is 8.40. The van der Waals surface area contributed by atoms with Crippen molar-refractivity contribution in [1.29, 1.82) is 0 Å². The van der Waals surface area contributed by atoms with Crippen molar-refractivity contribution in [1.82, 2.24) is 9.55 Å². The molecule has 0 radical (unpaired) electrons. The summed E-state index contributed by atoms with van der Waals surface area (Å²) in [4.78, 5) is 4.66. The normalized spacial score (nSPS) is 24.7. The second-order valence-corrected chi connectivity index (χ2v) is 5.84. The van der Waals surface area contributed by atoms with Crippen LogP contribution in [0.25, 0.3) is 11.0 Å². The lowest BCUT2D eigenvalue weighted by molar-refractivity contribution is 0.422. The fraction of sp³-hybridized carbons (Fsp3) is 0.364.